The van der Waals surface area contributed by atoms with Crippen molar-refractivity contribution in [2.45, 2.75) is 26.3 Å². The first-order valence-corrected chi connectivity index (χ1v) is 9.23. The fraction of sp³-hybridized carbons (Fsp3) is 0.333. The van der Waals surface area contributed by atoms with Gasteiger partial charge in [0.25, 0.3) is 11.8 Å². The fourth-order valence-corrected chi connectivity index (χ4v) is 3.04. The molecule has 1 aliphatic rings. The number of hydrogen-bond donors (Lipinski definition) is 1. The normalized spacial score (nSPS) is 14.2. The lowest BCUT2D eigenvalue weighted by Gasteiger charge is -2.23. The van der Waals surface area contributed by atoms with E-state index in [2.05, 4.69) is 10.3 Å². The van der Waals surface area contributed by atoms with Gasteiger partial charge in [-0.15, -0.1) is 0 Å². The number of alkyl carbamates (subject to hydrolysis) is 1. The molecule has 146 valence electrons. The van der Waals surface area contributed by atoms with Crippen molar-refractivity contribution in [2.24, 2.45) is 5.92 Å². The highest BCUT2D eigenvalue weighted by molar-refractivity contribution is 6.21. The number of ether oxygens (including phenoxy) is 1. The zero-order valence-corrected chi connectivity index (χ0v) is 15.9. The molecule has 3 rings (SSSR count). The number of nitrogens with zero attached hydrogens (tertiary/aromatic N) is 2. The van der Waals surface area contributed by atoms with Crippen LogP contribution < -0.4 is 5.32 Å². The van der Waals surface area contributed by atoms with Gasteiger partial charge in [-0.05, 0) is 36.1 Å². The van der Waals surface area contributed by atoms with E-state index in [-0.39, 0.29) is 24.3 Å². The molecule has 2 aromatic rings. The summed E-state index contributed by atoms with van der Waals surface area (Å²) >= 11 is 0. The number of carbonyl (C=O) groups excluding carboxylic acids is 3. The van der Waals surface area contributed by atoms with Crippen molar-refractivity contribution in [3.05, 3.63) is 65.5 Å². The van der Waals surface area contributed by atoms with E-state index in [4.69, 9.17) is 4.74 Å². The van der Waals surface area contributed by atoms with Crippen molar-refractivity contribution in [3.63, 3.8) is 0 Å². The summed E-state index contributed by atoms with van der Waals surface area (Å²) in [7, 11) is 0. The van der Waals surface area contributed by atoms with Gasteiger partial charge in [0, 0.05) is 12.4 Å². The summed E-state index contributed by atoms with van der Waals surface area (Å²) < 4.78 is 5.20. The second-order valence-electron chi connectivity index (χ2n) is 7.17. The minimum Gasteiger partial charge on any atom is -0.449 e. The molecule has 0 radical (unpaired) electrons. The lowest BCUT2D eigenvalue weighted by atomic mass is 10.1. The van der Waals surface area contributed by atoms with Gasteiger partial charge in [-0.3, -0.25) is 19.5 Å². The van der Waals surface area contributed by atoms with Crippen LogP contribution in [0.2, 0.25) is 0 Å². The Kier molecular flexibility index (Phi) is 6.03. The summed E-state index contributed by atoms with van der Waals surface area (Å²) in [6.07, 6.45) is 3.20. The van der Waals surface area contributed by atoms with Crippen molar-refractivity contribution in [1.29, 1.82) is 0 Å². The van der Waals surface area contributed by atoms with Crippen molar-refractivity contribution in [2.75, 3.05) is 13.2 Å². The Morgan fingerprint density at radius 2 is 1.79 bits per heavy atom. The summed E-state index contributed by atoms with van der Waals surface area (Å²) in [5, 5.41) is 2.78. The first kappa shape index (κ1) is 19.5. The smallest absolute Gasteiger partial charge is 0.407 e. The summed E-state index contributed by atoms with van der Waals surface area (Å²) in [6, 6.07) is 9.90. The van der Waals surface area contributed by atoms with Crippen molar-refractivity contribution >= 4 is 17.9 Å². The number of nitrogens with one attached hydrogen (secondary N) is 1. The molecule has 0 saturated carbocycles. The molecule has 0 fully saturated rings. The Morgan fingerprint density at radius 1 is 1.11 bits per heavy atom. The maximum atomic E-state index is 12.6. The van der Waals surface area contributed by atoms with Crippen LogP contribution in [-0.4, -0.2) is 47.0 Å². The number of amides is 3. The van der Waals surface area contributed by atoms with E-state index in [1.165, 1.54) is 4.90 Å². The van der Waals surface area contributed by atoms with Gasteiger partial charge >= 0.3 is 6.09 Å². The van der Waals surface area contributed by atoms with Crippen LogP contribution in [0.4, 0.5) is 4.79 Å². The Bertz CT molecular complexity index is 832. The third kappa shape index (κ3) is 4.54. The highest BCUT2D eigenvalue weighted by atomic mass is 16.5. The molecule has 3 amide bonds. The van der Waals surface area contributed by atoms with Crippen LogP contribution in [0.3, 0.4) is 0 Å². The molecule has 1 N–H and O–H groups in total. The Morgan fingerprint density at radius 3 is 2.36 bits per heavy atom. The van der Waals surface area contributed by atoms with Crippen molar-refractivity contribution in [3.8, 4) is 0 Å². The van der Waals surface area contributed by atoms with Crippen LogP contribution in [-0.2, 0) is 11.2 Å². The average molecular weight is 381 g/mol. The number of carbonyl (C=O) groups is 3. The lowest BCUT2D eigenvalue weighted by molar-refractivity contribution is 0.0631. The molecule has 7 nitrogen and oxygen atoms in total. The number of rotatable bonds is 7. The minimum absolute atomic E-state index is 0.0536. The van der Waals surface area contributed by atoms with Crippen LogP contribution in [0.1, 0.15) is 40.1 Å². The topological polar surface area (TPSA) is 88.6 Å². The van der Waals surface area contributed by atoms with Gasteiger partial charge < -0.3 is 10.1 Å². The molecule has 1 aromatic carbocycles. The molecule has 2 heterocycles. The highest BCUT2D eigenvalue weighted by Gasteiger charge is 2.36. The van der Waals surface area contributed by atoms with E-state index in [0.29, 0.717) is 24.2 Å². The first-order chi connectivity index (χ1) is 13.5. The molecule has 28 heavy (non-hydrogen) atoms. The van der Waals surface area contributed by atoms with E-state index in [0.717, 1.165) is 5.56 Å². The number of fused-ring (bicyclic) bond motifs is 1. The molecule has 0 saturated heterocycles. The fourth-order valence-electron chi connectivity index (χ4n) is 3.04. The summed E-state index contributed by atoms with van der Waals surface area (Å²) in [5.74, 6) is -0.498. The summed E-state index contributed by atoms with van der Waals surface area (Å²) in [6.45, 7) is 4.23. The molecule has 1 aromatic heterocycles. The van der Waals surface area contributed by atoms with Gasteiger partial charge in [0.05, 0.1) is 30.3 Å². The third-order valence-electron chi connectivity index (χ3n) is 4.36. The Hall–Kier alpha value is -3.22. The Balaban J connectivity index is 1.74. The lowest BCUT2D eigenvalue weighted by Crippen LogP contribution is -2.47. The van der Waals surface area contributed by atoms with E-state index in [1.807, 2.05) is 19.9 Å². The van der Waals surface area contributed by atoms with E-state index in [9.17, 15) is 14.4 Å². The van der Waals surface area contributed by atoms with Gasteiger partial charge in [0.15, 0.2) is 0 Å². The van der Waals surface area contributed by atoms with Gasteiger partial charge in [0.2, 0.25) is 0 Å². The van der Waals surface area contributed by atoms with Gasteiger partial charge in [-0.2, -0.15) is 0 Å². The number of hydrogen-bond acceptors (Lipinski definition) is 5. The third-order valence-corrected chi connectivity index (χ3v) is 4.36. The SMILES string of the molecule is CC(C)COC(=O)N[C@@H](Cc1cccnc1)CN1C(=O)c2ccccc2C1=O. The largest absolute Gasteiger partial charge is 0.449 e. The molecular weight excluding hydrogens is 358 g/mol. The monoisotopic (exact) mass is 381 g/mol. The highest BCUT2D eigenvalue weighted by Crippen LogP contribution is 2.23. The number of benzene rings is 1. The second kappa shape index (κ2) is 8.65. The number of imide groups is 1. The maximum absolute atomic E-state index is 12.6. The van der Waals surface area contributed by atoms with Crippen LogP contribution in [0.5, 0.6) is 0 Å². The van der Waals surface area contributed by atoms with E-state index in [1.54, 1.807) is 42.7 Å². The molecule has 1 aliphatic heterocycles. The maximum Gasteiger partial charge on any atom is 0.407 e. The molecule has 0 spiro atoms. The van der Waals surface area contributed by atoms with Gasteiger partial charge in [0.1, 0.15) is 0 Å². The quantitative estimate of drug-likeness (QED) is 0.745. The molecule has 7 heteroatoms. The van der Waals surface area contributed by atoms with Crippen molar-refractivity contribution in [1.82, 2.24) is 15.2 Å². The van der Waals surface area contributed by atoms with Crippen molar-refractivity contribution < 1.29 is 19.1 Å². The minimum atomic E-state index is -0.570. The van der Waals surface area contributed by atoms with Crippen LogP contribution in [0.15, 0.2) is 48.8 Å². The second-order valence-corrected chi connectivity index (χ2v) is 7.17. The van der Waals surface area contributed by atoms with Crippen LogP contribution in [0.25, 0.3) is 0 Å². The van der Waals surface area contributed by atoms with Gasteiger partial charge in [-0.25, -0.2) is 4.79 Å². The van der Waals surface area contributed by atoms with Crippen LogP contribution >= 0.6 is 0 Å². The zero-order valence-electron chi connectivity index (χ0n) is 15.9. The Labute approximate surface area is 163 Å². The summed E-state index contributed by atoms with van der Waals surface area (Å²) in [5.41, 5.74) is 1.65. The molecule has 1 atom stereocenters. The number of pyridine rings is 1. The predicted octanol–water partition coefficient (Wildman–Crippen LogP) is 2.67. The summed E-state index contributed by atoms with van der Waals surface area (Å²) in [4.78, 5) is 42.7. The van der Waals surface area contributed by atoms with Crippen LogP contribution in [0, 0.1) is 5.92 Å². The molecule has 0 unspecified atom stereocenters. The van der Waals surface area contributed by atoms with Gasteiger partial charge in [-0.1, -0.05) is 32.0 Å². The predicted molar refractivity (Wildman–Crippen MR) is 103 cm³/mol. The molecular formula is C21H23N3O4. The average Bonchev–Trinajstić information content (AvgIpc) is 2.92. The molecule has 0 aliphatic carbocycles. The van der Waals surface area contributed by atoms with E-state index < -0.39 is 12.1 Å². The number of aromatic nitrogens is 1. The standard InChI is InChI=1S/C21H23N3O4/c1-14(2)13-28-21(27)23-16(10-15-6-5-9-22-11-15)12-24-19(25)17-7-3-4-8-18(17)20(24)26/h3-9,11,14,16H,10,12-13H2,1-2H3,(H,23,27)/t16-/m0/s1. The zero-order chi connectivity index (χ0) is 20.1. The van der Waals surface area contributed by atoms with E-state index >= 15 is 0 Å². The first-order valence-electron chi connectivity index (χ1n) is 9.23. The molecule has 0 bridgehead atoms.